The fourth-order valence-electron chi connectivity index (χ4n) is 2.73. The van der Waals surface area contributed by atoms with Gasteiger partial charge in [0.05, 0.1) is 6.54 Å². The molecule has 0 spiro atoms. The molecule has 6 heteroatoms. The third-order valence-corrected chi connectivity index (χ3v) is 4.16. The van der Waals surface area contributed by atoms with Crippen molar-refractivity contribution in [3.8, 4) is 5.75 Å². The molecule has 0 aliphatic carbocycles. The van der Waals surface area contributed by atoms with E-state index in [1.807, 2.05) is 30.3 Å². The predicted molar refractivity (Wildman–Crippen MR) is 99.9 cm³/mol. The number of guanidine groups is 1. The molecule has 0 saturated carbocycles. The van der Waals surface area contributed by atoms with Gasteiger partial charge in [-0.3, -0.25) is 4.99 Å². The second-order valence-corrected chi connectivity index (χ2v) is 6.09. The Hall–Kier alpha value is -1.79. The van der Waals surface area contributed by atoms with E-state index < -0.39 is 0 Å². The number of ether oxygens (including phenoxy) is 1. The van der Waals surface area contributed by atoms with Crippen LogP contribution in [0.2, 0.25) is 0 Å². The summed E-state index contributed by atoms with van der Waals surface area (Å²) < 4.78 is 5.67. The first-order valence-corrected chi connectivity index (χ1v) is 8.81. The fourth-order valence-corrected chi connectivity index (χ4v) is 2.73. The van der Waals surface area contributed by atoms with E-state index in [1.165, 1.54) is 19.5 Å². The molecule has 134 valence electrons. The summed E-state index contributed by atoms with van der Waals surface area (Å²) in [5.41, 5.74) is 0. The molecular formula is C18H31N5O. The lowest BCUT2D eigenvalue weighted by molar-refractivity contribution is 0.279. The van der Waals surface area contributed by atoms with Crippen LogP contribution in [-0.2, 0) is 0 Å². The molecule has 0 amide bonds. The maximum absolute atomic E-state index is 5.67. The Bertz CT molecular complexity index is 480. The smallest absolute Gasteiger partial charge is 0.191 e. The number of likely N-dealkylation sites (N-methyl/N-ethyl adjacent to an activating group) is 1. The standard InChI is InChI=1S/C18H31N5O/c1-19-18(21-10-16-24-17-7-4-3-5-8-17)20-9-13-23-12-6-11-22(2)14-15-23/h3-5,7-8H,6,9-16H2,1-2H3,(H2,19,20,21). The van der Waals surface area contributed by atoms with E-state index in [0.717, 1.165) is 44.4 Å². The number of aliphatic imine (C=N–C) groups is 1. The molecule has 0 unspecified atom stereocenters. The van der Waals surface area contributed by atoms with Crippen LogP contribution in [0.3, 0.4) is 0 Å². The number of rotatable bonds is 7. The summed E-state index contributed by atoms with van der Waals surface area (Å²) in [6.45, 7) is 7.99. The Labute approximate surface area is 145 Å². The first-order valence-electron chi connectivity index (χ1n) is 8.81. The van der Waals surface area contributed by atoms with Gasteiger partial charge >= 0.3 is 0 Å². The molecule has 1 aromatic rings. The second-order valence-electron chi connectivity index (χ2n) is 6.09. The van der Waals surface area contributed by atoms with Gasteiger partial charge in [0.2, 0.25) is 0 Å². The summed E-state index contributed by atoms with van der Waals surface area (Å²) in [5.74, 6) is 1.73. The monoisotopic (exact) mass is 333 g/mol. The molecule has 2 N–H and O–H groups in total. The van der Waals surface area contributed by atoms with Crippen molar-refractivity contribution < 1.29 is 4.74 Å². The van der Waals surface area contributed by atoms with Crippen molar-refractivity contribution in [3.05, 3.63) is 30.3 Å². The van der Waals surface area contributed by atoms with Crippen LogP contribution in [0.1, 0.15) is 6.42 Å². The Morgan fingerprint density at radius 2 is 1.88 bits per heavy atom. The Morgan fingerprint density at radius 1 is 1.08 bits per heavy atom. The zero-order chi connectivity index (χ0) is 17.0. The summed E-state index contributed by atoms with van der Waals surface area (Å²) >= 11 is 0. The lowest BCUT2D eigenvalue weighted by Gasteiger charge is -2.21. The summed E-state index contributed by atoms with van der Waals surface area (Å²) in [4.78, 5) is 9.18. The van der Waals surface area contributed by atoms with E-state index in [9.17, 15) is 0 Å². The largest absolute Gasteiger partial charge is 0.492 e. The molecule has 1 fully saturated rings. The molecule has 1 aromatic carbocycles. The maximum atomic E-state index is 5.67. The number of para-hydroxylation sites is 1. The SMILES string of the molecule is CN=C(NCCOc1ccccc1)NCCN1CCCN(C)CC1. The van der Waals surface area contributed by atoms with Crippen LogP contribution in [0.4, 0.5) is 0 Å². The molecule has 0 bridgehead atoms. The molecule has 0 radical (unpaired) electrons. The van der Waals surface area contributed by atoms with Crippen LogP contribution < -0.4 is 15.4 Å². The van der Waals surface area contributed by atoms with Gasteiger partial charge in [-0.15, -0.1) is 0 Å². The summed E-state index contributed by atoms with van der Waals surface area (Å²) in [6.07, 6.45) is 1.25. The number of hydrogen-bond donors (Lipinski definition) is 2. The zero-order valence-corrected chi connectivity index (χ0v) is 15.0. The molecule has 6 nitrogen and oxygen atoms in total. The van der Waals surface area contributed by atoms with Gasteiger partial charge in [0.15, 0.2) is 5.96 Å². The first kappa shape index (κ1) is 18.5. The minimum Gasteiger partial charge on any atom is -0.492 e. The average molecular weight is 333 g/mol. The van der Waals surface area contributed by atoms with Gasteiger partial charge in [-0.2, -0.15) is 0 Å². The highest BCUT2D eigenvalue weighted by atomic mass is 16.5. The highest BCUT2D eigenvalue weighted by Crippen LogP contribution is 2.07. The molecule has 1 aliphatic rings. The van der Waals surface area contributed by atoms with Gasteiger partial charge in [0, 0.05) is 33.2 Å². The summed E-state index contributed by atoms with van der Waals surface area (Å²) in [6, 6.07) is 9.87. The van der Waals surface area contributed by atoms with Gasteiger partial charge in [-0.05, 0) is 38.7 Å². The molecule has 0 aromatic heterocycles. The summed E-state index contributed by atoms with van der Waals surface area (Å²) in [7, 11) is 4.00. The Balaban J connectivity index is 1.57. The molecule has 1 heterocycles. The number of nitrogens with zero attached hydrogens (tertiary/aromatic N) is 3. The van der Waals surface area contributed by atoms with E-state index >= 15 is 0 Å². The Morgan fingerprint density at radius 3 is 2.67 bits per heavy atom. The van der Waals surface area contributed by atoms with Crippen molar-refractivity contribution in [1.29, 1.82) is 0 Å². The van der Waals surface area contributed by atoms with Gasteiger partial charge < -0.3 is 25.2 Å². The van der Waals surface area contributed by atoms with Gasteiger partial charge in [0.1, 0.15) is 12.4 Å². The molecule has 1 aliphatic heterocycles. The third-order valence-electron chi connectivity index (χ3n) is 4.16. The van der Waals surface area contributed by atoms with Crippen LogP contribution in [0.15, 0.2) is 35.3 Å². The summed E-state index contributed by atoms with van der Waals surface area (Å²) in [5, 5.41) is 6.66. The van der Waals surface area contributed by atoms with Crippen molar-refractivity contribution in [2.75, 3.05) is 66.5 Å². The van der Waals surface area contributed by atoms with E-state index in [1.54, 1.807) is 7.05 Å². The van der Waals surface area contributed by atoms with E-state index in [2.05, 4.69) is 32.5 Å². The van der Waals surface area contributed by atoms with Crippen molar-refractivity contribution in [2.24, 2.45) is 4.99 Å². The van der Waals surface area contributed by atoms with E-state index in [0.29, 0.717) is 6.61 Å². The molecule has 0 atom stereocenters. The fraction of sp³-hybridized carbons (Fsp3) is 0.611. The number of benzene rings is 1. The second kappa shape index (κ2) is 10.9. The van der Waals surface area contributed by atoms with Gasteiger partial charge in [-0.25, -0.2) is 0 Å². The van der Waals surface area contributed by atoms with Crippen LogP contribution in [0.25, 0.3) is 0 Å². The van der Waals surface area contributed by atoms with Crippen LogP contribution in [0, 0.1) is 0 Å². The maximum Gasteiger partial charge on any atom is 0.191 e. The molecular weight excluding hydrogens is 302 g/mol. The minimum absolute atomic E-state index is 0.614. The van der Waals surface area contributed by atoms with Crippen molar-refractivity contribution >= 4 is 5.96 Å². The van der Waals surface area contributed by atoms with Crippen LogP contribution in [-0.4, -0.2) is 82.3 Å². The van der Waals surface area contributed by atoms with E-state index in [-0.39, 0.29) is 0 Å². The van der Waals surface area contributed by atoms with Crippen LogP contribution in [0.5, 0.6) is 5.75 Å². The lowest BCUT2D eigenvalue weighted by Crippen LogP contribution is -2.43. The van der Waals surface area contributed by atoms with Crippen molar-refractivity contribution in [1.82, 2.24) is 20.4 Å². The highest BCUT2D eigenvalue weighted by Gasteiger charge is 2.11. The van der Waals surface area contributed by atoms with Gasteiger partial charge in [0.25, 0.3) is 0 Å². The number of hydrogen-bond acceptors (Lipinski definition) is 4. The number of nitrogens with one attached hydrogen (secondary N) is 2. The average Bonchev–Trinajstić information content (AvgIpc) is 2.82. The normalized spacial score (nSPS) is 17.3. The van der Waals surface area contributed by atoms with Crippen molar-refractivity contribution in [2.45, 2.75) is 6.42 Å². The lowest BCUT2D eigenvalue weighted by atomic mass is 10.3. The first-order chi connectivity index (χ1) is 11.8. The van der Waals surface area contributed by atoms with E-state index in [4.69, 9.17) is 4.74 Å². The third kappa shape index (κ3) is 7.19. The zero-order valence-electron chi connectivity index (χ0n) is 15.0. The van der Waals surface area contributed by atoms with Crippen LogP contribution >= 0.6 is 0 Å². The molecule has 24 heavy (non-hydrogen) atoms. The Kier molecular flexibility index (Phi) is 8.41. The highest BCUT2D eigenvalue weighted by molar-refractivity contribution is 5.79. The quantitative estimate of drug-likeness (QED) is 0.440. The topological polar surface area (TPSA) is 52.1 Å². The molecule has 1 saturated heterocycles. The minimum atomic E-state index is 0.614. The predicted octanol–water partition coefficient (Wildman–Crippen LogP) is 0.868. The van der Waals surface area contributed by atoms with Crippen molar-refractivity contribution in [3.63, 3.8) is 0 Å². The van der Waals surface area contributed by atoms with Gasteiger partial charge in [-0.1, -0.05) is 18.2 Å². The molecule has 2 rings (SSSR count).